The summed E-state index contributed by atoms with van der Waals surface area (Å²) in [6.07, 6.45) is 11.3. The number of nitrogens with zero attached hydrogens (tertiary/aromatic N) is 4. The van der Waals surface area contributed by atoms with Gasteiger partial charge in [-0.2, -0.15) is 4.98 Å². The molecule has 0 radical (unpaired) electrons. The van der Waals surface area contributed by atoms with Gasteiger partial charge in [-0.3, -0.25) is 4.90 Å². The third-order valence-corrected chi connectivity index (χ3v) is 8.83. The smallest absolute Gasteiger partial charge is 0.269 e. The first-order valence-electron chi connectivity index (χ1n) is 12.8. The molecule has 1 N–H and O–H groups in total. The molecule has 10 heteroatoms. The number of likely N-dealkylation sites (tertiary alicyclic amines) is 1. The summed E-state index contributed by atoms with van der Waals surface area (Å²) >= 11 is 0. The van der Waals surface area contributed by atoms with Crippen molar-refractivity contribution in [3.8, 4) is 0 Å². The molecular formula is C29H27F2N5O2S. The number of aromatic nitrogens is 3. The number of halogens is 2. The van der Waals surface area contributed by atoms with E-state index in [2.05, 4.69) is 15.3 Å². The van der Waals surface area contributed by atoms with E-state index in [9.17, 15) is 17.2 Å². The van der Waals surface area contributed by atoms with Crippen molar-refractivity contribution in [2.24, 2.45) is 0 Å². The van der Waals surface area contributed by atoms with Crippen LogP contribution < -0.4 is 15.8 Å². The Morgan fingerprint density at radius 2 is 1.82 bits per heavy atom. The van der Waals surface area contributed by atoms with Crippen LogP contribution in [0.15, 0.2) is 78.0 Å². The second-order valence-corrected chi connectivity index (χ2v) is 11.6. The maximum atomic E-state index is 13.8. The van der Waals surface area contributed by atoms with Gasteiger partial charge in [-0.05, 0) is 46.7 Å². The van der Waals surface area contributed by atoms with Gasteiger partial charge < -0.3 is 5.32 Å². The minimum atomic E-state index is -3.93. The highest BCUT2D eigenvalue weighted by molar-refractivity contribution is 7.90. The van der Waals surface area contributed by atoms with E-state index in [1.165, 1.54) is 10.2 Å². The van der Waals surface area contributed by atoms with Crippen LogP contribution in [0.1, 0.15) is 24.8 Å². The molecular weight excluding hydrogens is 520 g/mol. The molecule has 1 saturated heterocycles. The molecule has 200 valence electrons. The predicted octanol–water partition coefficient (Wildman–Crippen LogP) is 4.16. The summed E-state index contributed by atoms with van der Waals surface area (Å²) in [7, 11) is -3.93. The van der Waals surface area contributed by atoms with E-state index >= 15 is 0 Å². The Bertz CT molecular complexity index is 1790. The molecule has 0 saturated carbocycles. The van der Waals surface area contributed by atoms with Crippen LogP contribution >= 0.6 is 0 Å². The van der Waals surface area contributed by atoms with Crippen LogP contribution in [0.2, 0.25) is 0 Å². The Morgan fingerprint density at radius 1 is 1.03 bits per heavy atom. The van der Waals surface area contributed by atoms with E-state index in [4.69, 9.17) is 0 Å². The normalized spacial score (nSPS) is 17.2. The third-order valence-electron chi connectivity index (χ3n) is 7.10. The number of hydrogen-bond acceptors (Lipinski definition) is 6. The zero-order valence-corrected chi connectivity index (χ0v) is 21.9. The van der Waals surface area contributed by atoms with Crippen molar-refractivity contribution in [1.29, 1.82) is 0 Å². The topological polar surface area (TPSA) is 80.1 Å². The molecule has 3 heterocycles. The van der Waals surface area contributed by atoms with Crippen molar-refractivity contribution in [3.63, 3.8) is 0 Å². The summed E-state index contributed by atoms with van der Waals surface area (Å²) in [6.45, 7) is 1.36. The number of alkyl halides is 2. The van der Waals surface area contributed by atoms with Crippen LogP contribution in [0.25, 0.3) is 23.2 Å². The zero-order chi connectivity index (χ0) is 27.0. The molecule has 0 bridgehead atoms. The van der Waals surface area contributed by atoms with Gasteiger partial charge in [-0.15, -0.1) is 0 Å². The highest BCUT2D eigenvalue weighted by Crippen LogP contribution is 2.28. The van der Waals surface area contributed by atoms with Gasteiger partial charge in [-0.1, -0.05) is 48.6 Å². The minimum absolute atomic E-state index is 0.107. The SMILES string of the molecule is O=S(=O)(c1cccc2c1=CCC=CC=2)n1ccc2cnc(Nc3ccc(CN4CCC(F)(F)CC4)cc3)nc21. The summed E-state index contributed by atoms with van der Waals surface area (Å²) in [4.78, 5) is 11.1. The van der Waals surface area contributed by atoms with E-state index in [-0.39, 0.29) is 29.3 Å². The van der Waals surface area contributed by atoms with Crippen molar-refractivity contribution in [3.05, 3.63) is 89.1 Å². The second-order valence-electron chi connectivity index (χ2n) is 9.84. The number of rotatable bonds is 6. The number of hydrogen-bond donors (Lipinski definition) is 1. The van der Waals surface area contributed by atoms with Crippen molar-refractivity contribution in [2.75, 3.05) is 18.4 Å². The van der Waals surface area contributed by atoms with Gasteiger partial charge in [-0.25, -0.2) is 26.2 Å². The standard InChI is InChI=1S/C29H27F2N5O2S/c30-29(31)14-17-35(18-15-29)20-21-9-11-24(12-10-21)33-28-32-19-23-13-16-36(27(23)34-28)39(37,38)26-8-4-6-22-5-2-1-3-7-25(22)26/h1-2,4-13,16,19H,3,14-15,17-18,20H2,(H,32,33,34). The van der Waals surface area contributed by atoms with Gasteiger partial charge in [0.1, 0.15) is 0 Å². The number of benzene rings is 2. The first-order valence-corrected chi connectivity index (χ1v) is 14.2. The van der Waals surface area contributed by atoms with Gasteiger partial charge in [0.15, 0.2) is 5.65 Å². The molecule has 2 aliphatic rings. The van der Waals surface area contributed by atoms with Crippen LogP contribution in [0.5, 0.6) is 0 Å². The fourth-order valence-electron chi connectivity index (χ4n) is 4.96. The Morgan fingerprint density at radius 3 is 2.62 bits per heavy atom. The lowest BCUT2D eigenvalue weighted by Crippen LogP contribution is -2.38. The van der Waals surface area contributed by atoms with Crippen molar-refractivity contribution < 1.29 is 17.2 Å². The quantitative estimate of drug-likeness (QED) is 0.391. The summed E-state index contributed by atoms with van der Waals surface area (Å²) in [5, 5.41) is 5.27. The van der Waals surface area contributed by atoms with E-state index in [1.54, 1.807) is 24.4 Å². The first-order chi connectivity index (χ1) is 18.8. The van der Waals surface area contributed by atoms with Crippen molar-refractivity contribution in [2.45, 2.75) is 36.6 Å². The van der Waals surface area contributed by atoms with Crippen LogP contribution in [-0.2, 0) is 16.6 Å². The Kier molecular flexibility index (Phi) is 6.52. The van der Waals surface area contributed by atoms with E-state index in [1.807, 2.05) is 59.5 Å². The zero-order valence-electron chi connectivity index (χ0n) is 21.1. The maximum Gasteiger partial charge on any atom is 0.269 e. The number of anilines is 2. The fourth-order valence-corrected chi connectivity index (χ4v) is 6.50. The number of nitrogens with one attached hydrogen (secondary N) is 1. The van der Waals surface area contributed by atoms with E-state index in [0.29, 0.717) is 36.7 Å². The lowest BCUT2D eigenvalue weighted by molar-refractivity contribution is -0.0566. The van der Waals surface area contributed by atoms with Gasteiger partial charge in [0.25, 0.3) is 15.9 Å². The molecule has 2 aromatic carbocycles. The van der Waals surface area contributed by atoms with Gasteiger partial charge in [0.2, 0.25) is 5.95 Å². The van der Waals surface area contributed by atoms with Crippen molar-refractivity contribution >= 4 is 44.8 Å². The van der Waals surface area contributed by atoms with Gasteiger partial charge in [0, 0.05) is 55.9 Å². The molecule has 7 nitrogen and oxygen atoms in total. The molecule has 2 aromatic heterocycles. The molecule has 0 amide bonds. The van der Waals surface area contributed by atoms with E-state index < -0.39 is 15.9 Å². The maximum absolute atomic E-state index is 13.8. The lowest BCUT2D eigenvalue weighted by atomic mass is 10.1. The molecule has 4 aromatic rings. The lowest BCUT2D eigenvalue weighted by Gasteiger charge is -2.31. The fraction of sp³-hybridized carbons (Fsp3) is 0.241. The molecule has 1 aliphatic heterocycles. The summed E-state index contributed by atoms with van der Waals surface area (Å²) < 4.78 is 55.6. The van der Waals surface area contributed by atoms with Crippen LogP contribution in [-0.4, -0.2) is 46.3 Å². The van der Waals surface area contributed by atoms with E-state index in [0.717, 1.165) is 16.5 Å². The molecule has 39 heavy (non-hydrogen) atoms. The predicted molar refractivity (Wildman–Crippen MR) is 148 cm³/mol. The van der Waals surface area contributed by atoms with Crippen LogP contribution in [0, 0.1) is 0 Å². The number of piperidine rings is 1. The Labute approximate surface area is 224 Å². The number of fused-ring (bicyclic) bond motifs is 2. The summed E-state index contributed by atoms with van der Waals surface area (Å²) in [5.74, 6) is -2.29. The van der Waals surface area contributed by atoms with Crippen LogP contribution in [0.3, 0.4) is 0 Å². The van der Waals surface area contributed by atoms with Crippen LogP contribution in [0.4, 0.5) is 20.4 Å². The highest BCUT2D eigenvalue weighted by atomic mass is 32.2. The molecule has 1 aliphatic carbocycles. The molecule has 0 atom stereocenters. The minimum Gasteiger partial charge on any atom is -0.324 e. The van der Waals surface area contributed by atoms with Crippen molar-refractivity contribution in [1.82, 2.24) is 18.8 Å². The third kappa shape index (κ3) is 5.22. The largest absolute Gasteiger partial charge is 0.324 e. The Hall–Kier alpha value is -3.89. The average molecular weight is 548 g/mol. The molecule has 6 rings (SSSR count). The summed E-state index contributed by atoms with van der Waals surface area (Å²) in [6, 6.07) is 14.6. The Balaban J connectivity index is 1.24. The number of allylic oxidation sites excluding steroid dienone is 2. The average Bonchev–Trinajstić information content (AvgIpc) is 3.20. The highest BCUT2D eigenvalue weighted by Gasteiger charge is 2.33. The monoisotopic (exact) mass is 547 g/mol. The summed E-state index contributed by atoms with van der Waals surface area (Å²) in [5.41, 5.74) is 2.03. The molecule has 1 fully saturated rings. The molecule has 0 unspecified atom stereocenters. The van der Waals surface area contributed by atoms with Gasteiger partial charge in [0.05, 0.1) is 4.90 Å². The first kappa shape index (κ1) is 25.4. The molecule has 0 spiro atoms. The van der Waals surface area contributed by atoms with Gasteiger partial charge >= 0.3 is 0 Å². The second kappa shape index (κ2) is 10.0.